The number of aryl methyl sites for hydroxylation is 4. The Morgan fingerprint density at radius 3 is 1.42 bits per heavy atom. The van der Waals surface area contributed by atoms with Gasteiger partial charge in [-0.25, -0.2) is 4.98 Å². The zero-order valence-electron chi connectivity index (χ0n) is 20.7. The molecule has 3 nitrogen and oxygen atoms in total. The second-order valence-electron chi connectivity index (χ2n) is 8.14. The number of aliphatic imine (C=N–C) groups is 2. The summed E-state index contributed by atoms with van der Waals surface area (Å²) in [5.41, 5.74) is 10.9. The van der Waals surface area contributed by atoms with Crippen LogP contribution in [0.25, 0.3) is 0 Å². The van der Waals surface area contributed by atoms with E-state index in [-0.39, 0.29) is 16.8 Å². The molecule has 0 saturated carbocycles. The van der Waals surface area contributed by atoms with Gasteiger partial charge in [-0.2, -0.15) is 0 Å². The monoisotopic (exact) mass is 484 g/mol. The summed E-state index contributed by atoms with van der Waals surface area (Å²) < 4.78 is 0. The second kappa shape index (κ2) is 12.6. The van der Waals surface area contributed by atoms with E-state index in [1.54, 1.807) is 0 Å². The van der Waals surface area contributed by atoms with Crippen molar-refractivity contribution in [3.8, 4) is 0 Å². The van der Waals surface area contributed by atoms with Crippen molar-refractivity contribution < 1.29 is 16.8 Å². The third-order valence-corrected chi connectivity index (χ3v) is 5.93. The standard InChI is InChI=1S/C29H35N3.Co/c1-7-22-14-16-28(24(9-3)18-22)30-20(5)26-12-11-13-27(32-26)21(6)31-29-17-15-23(8-2)19-25(29)10-4;/h11-19H,7-10H2,1-6H3;. The summed E-state index contributed by atoms with van der Waals surface area (Å²) in [7, 11) is 0. The van der Waals surface area contributed by atoms with E-state index >= 15 is 0 Å². The molecule has 3 rings (SSSR count). The molecule has 2 aromatic carbocycles. The van der Waals surface area contributed by atoms with Crippen molar-refractivity contribution in [1.82, 2.24) is 4.98 Å². The first-order valence-corrected chi connectivity index (χ1v) is 11.8. The summed E-state index contributed by atoms with van der Waals surface area (Å²) in [5.74, 6) is 0. The summed E-state index contributed by atoms with van der Waals surface area (Å²) in [6.07, 6.45) is 4.02. The number of hydrogen-bond donors (Lipinski definition) is 0. The number of benzene rings is 2. The quantitative estimate of drug-likeness (QED) is 0.303. The third-order valence-electron chi connectivity index (χ3n) is 5.93. The van der Waals surface area contributed by atoms with Crippen LogP contribution in [-0.4, -0.2) is 16.4 Å². The summed E-state index contributed by atoms with van der Waals surface area (Å²) in [6.45, 7) is 12.8. The van der Waals surface area contributed by atoms with Crippen LogP contribution in [0.5, 0.6) is 0 Å². The molecule has 1 heterocycles. The van der Waals surface area contributed by atoms with Crippen molar-refractivity contribution in [3.63, 3.8) is 0 Å². The van der Waals surface area contributed by atoms with E-state index in [0.29, 0.717) is 0 Å². The van der Waals surface area contributed by atoms with Gasteiger partial charge in [0.2, 0.25) is 0 Å². The Labute approximate surface area is 209 Å². The van der Waals surface area contributed by atoms with Crippen LogP contribution < -0.4 is 0 Å². The van der Waals surface area contributed by atoms with Gasteiger partial charge in [0, 0.05) is 16.8 Å². The fraction of sp³-hybridized carbons (Fsp3) is 0.345. The molecule has 0 unspecified atom stereocenters. The maximum atomic E-state index is 4.92. The molecule has 0 spiro atoms. The Hall–Kier alpha value is -2.56. The van der Waals surface area contributed by atoms with E-state index in [0.717, 1.165) is 59.9 Å². The zero-order valence-corrected chi connectivity index (χ0v) is 21.7. The minimum Gasteiger partial charge on any atom is -0.251 e. The molecule has 1 radical (unpaired) electrons. The van der Waals surface area contributed by atoms with Crippen LogP contribution in [0.1, 0.15) is 75.2 Å². The van der Waals surface area contributed by atoms with E-state index in [4.69, 9.17) is 15.0 Å². The second-order valence-corrected chi connectivity index (χ2v) is 8.14. The van der Waals surface area contributed by atoms with E-state index in [1.807, 2.05) is 32.0 Å². The van der Waals surface area contributed by atoms with Crippen LogP contribution in [0.2, 0.25) is 0 Å². The van der Waals surface area contributed by atoms with Gasteiger partial charge in [0.15, 0.2) is 0 Å². The van der Waals surface area contributed by atoms with Crippen LogP contribution in [0.3, 0.4) is 0 Å². The normalized spacial score (nSPS) is 11.9. The fourth-order valence-electron chi connectivity index (χ4n) is 3.82. The average molecular weight is 485 g/mol. The van der Waals surface area contributed by atoms with Crippen LogP contribution >= 0.6 is 0 Å². The van der Waals surface area contributed by atoms with Crippen molar-refractivity contribution in [2.45, 2.75) is 67.2 Å². The van der Waals surface area contributed by atoms with Gasteiger partial charge in [0.1, 0.15) is 0 Å². The predicted molar refractivity (Wildman–Crippen MR) is 138 cm³/mol. The molecule has 0 amide bonds. The molecule has 0 N–H and O–H groups in total. The minimum absolute atomic E-state index is 0. The Morgan fingerprint density at radius 2 is 1.06 bits per heavy atom. The van der Waals surface area contributed by atoms with Crippen LogP contribution in [0, 0.1) is 0 Å². The topological polar surface area (TPSA) is 37.6 Å². The van der Waals surface area contributed by atoms with Gasteiger partial charge in [-0.15, -0.1) is 0 Å². The molecular formula is C29H35CoN3. The SMILES string of the molecule is CCc1ccc(N=C(C)c2cccc(C(C)=Nc3ccc(CC)cc3CC)n2)c(CC)c1.[Co]. The van der Waals surface area contributed by atoms with Crippen molar-refractivity contribution in [2.75, 3.05) is 0 Å². The molecule has 0 aliphatic heterocycles. The first-order chi connectivity index (χ1) is 15.5. The molecular weight excluding hydrogens is 449 g/mol. The van der Waals surface area contributed by atoms with Crippen molar-refractivity contribution in [2.24, 2.45) is 9.98 Å². The van der Waals surface area contributed by atoms with Crippen LogP contribution in [0.15, 0.2) is 64.6 Å². The Balaban J connectivity index is 0.00000385. The van der Waals surface area contributed by atoms with Gasteiger partial charge in [-0.05, 0) is 86.1 Å². The number of aromatic nitrogens is 1. The van der Waals surface area contributed by atoms with E-state index in [2.05, 4.69) is 64.1 Å². The molecule has 33 heavy (non-hydrogen) atoms. The van der Waals surface area contributed by atoms with Crippen molar-refractivity contribution >= 4 is 22.8 Å². The molecule has 0 saturated heterocycles. The maximum Gasteiger partial charge on any atom is 0.0849 e. The molecule has 0 aliphatic rings. The largest absolute Gasteiger partial charge is 0.251 e. The number of rotatable bonds is 8. The van der Waals surface area contributed by atoms with Crippen LogP contribution in [0.4, 0.5) is 11.4 Å². The zero-order chi connectivity index (χ0) is 23.1. The van der Waals surface area contributed by atoms with Gasteiger partial charge < -0.3 is 0 Å². The van der Waals surface area contributed by atoms with Gasteiger partial charge in [0.05, 0.1) is 34.2 Å². The van der Waals surface area contributed by atoms with Gasteiger partial charge in [0.25, 0.3) is 0 Å². The molecule has 4 heteroatoms. The van der Waals surface area contributed by atoms with Gasteiger partial charge >= 0.3 is 0 Å². The number of nitrogens with zero attached hydrogens (tertiary/aromatic N) is 3. The van der Waals surface area contributed by atoms with Crippen LogP contribution in [-0.2, 0) is 42.5 Å². The summed E-state index contributed by atoms with van der Waals surface area (Å²) in [5, 5.41) is 0. The van der Waals surface area contributed by atoms with E-state index < -0.39 is 0 Å². The third kappa shape index (κ3) is 6.72. The fourth-order valence-corrected chi connectivity index (χ4v) is 3.82. The van der Waals surface area contributed by atoms with Crippen molar-refractivity contribution in [3.05, 3.63) is 88.2 Å². The molecule has 0 aliphatic carbocycles. The predicted octanol–water partition coefficient (Wildman–Crippen LogP) is 7.61. The van der Waals surface area contributed by atoms with Crippen molar-refractivity contribution in [1.29, 1.82) is 0 Å². The average Bonchev–Trinajstić information content (AvgIpc) is 2.84. The minimum atomic E-state index is 0. The summed E-state index contributed by atoms with van der Waals surface area (Å²) in [4.78, 5) is 14.7. The Kier molecular flexibility index (Phi) is 10.2. The van der Waals surface area contributed by atoms with E-state index in [1.165, 1.54) is 22.3 Å². The Morgan fingerprint density at radius 1 is 0.636 bits per heavy atom. The smallest absolute Gasteiger partial charge is 0.0849 e. The first-order valence-electron chi connectivity index (χ1n) is 11.8. The Bertz CT molecular complexity index is 1060. The number of hydrogen-bond acceptors (Lipinski definition) is 3. The van der Waals surface area contributed by atoms with Gasteiger partial charge in [-0.1, -0.05) is 58.0 Å². The summed E-state index contributed by atoms with van der Waals surface area (Å²) >= 11 is 0. The first kappa shape index (κ1) is 26.7. The molecule has 3 aromatic rings. The molecule has 0 bridgehead atoms. The molecule has 0 fully saturated rings. The summed E-state index contributed by atoms with van der Waals surface area (Å²) in [6, 6.07) is 19.2. The molecule has 1 aromatic heterocycles. The molecule has 0 atom stereocenters. The molecule has 175 valence electrons. The van der Waals surface area contributed by atoms with E-state index in [9.17, 15) is 0 Å². The number of pyridine rings is 1. The van der Waals surface area contributed by atoms with Gasteiger partial charge in [-0.3, -0.25) is 9.98 Å². The maximum absolute atomic E-state index is 4.92.